The van der Waals surface area contributed by atoms with Gasteiger partial charge in [-0.15, -0.1) is 0 Å². The number of methoxy groups -OCH3 is 1. The summed E-state index contributed by atoms with van der Waals surface area (Å²) in [5, 5.41) is 0. The lowest BCUT2D eigenvalue weighted by atomic mass is 10.1. The molecule has 1 saturated carbocycles. The average Bonchev–Trinajstić information content (AvgIpc) is 2.49. The molecule has 0 bridgehead atoms. The third-order valence-electron chi connectivity index (χ3n) is 1.80. The summed E-state index contributed by atoms with van der Waals surface area (Å²) in [6.07, 6.45) is 1.80. The van der Waals surface area contributed by atoms with Gasteiger partial charge in [0.1, 0.15) is 0 Å². The molecule has 0 saturated heterocycles. The number of hydrogen-bond acceptors (Lipinski definition) is 2. The van der Waals surface area contributed by atoms with Crippen molar-refractivity contribution in [3.63, 3.8) is 0 Å². The maximum Gasteiger partial charge on any atom is 0.225 e. The molecule has 3 nitrogen and oxygen atoms in total. The molecular weight excluding hydrogens is 118 g/mol. The Morgan fingerprint density at radius 2 is 2.33 bits per heavy atom. The Balaban J connectivity index is 2.43. The zero-order valence-electron chi connectivity index (χ0n) is 5.52. The molecule has 1 aliphatic carbocycles. The molecule has 0 atom stereocenters. The molecule has 3 heteroatoms. The van der Waals surface area contributed by atoms with Crippen molar-refractivity contribution >= 4 is 5.91 Å². The predicted octanol–water partition coefficient (Wildman–Crippen LogP) is -0.102. The van der Waals surface area contributed by atoms with Crippen LogP contribution in [0.5, 0.6) is 0 Å². The Morgan fingerprint density at radius 3 is 2.44 bits per heavy atom. The second-order valence-electron chi connectivity index (χ2n) is 2.58. The van der Waals surface area contributed by atoms with Crippen LogP contribution in [0.1, 0.15) is 12.8 Å². The standard InChI is InChI=1S/C6H11NO2/c1-9-4-6(2-3-6)5(7)8/h2-4H2,1H3,(H2,7,8). The van der Waals surface area contributed by atoms with Crippen LogP contribution in [0.2, 0.25) is 0 Å². The number of rotatable bonds is 3. The normalized spacial score (nSPS) is 21.4. The fraction of sp³-hybridized carbons (Fsp3) is 0.833. The van der Waals surface area contributed by atoms with Crippen LogP contribution in [0.15, 0.2) is 0 Å². The lowest BCUT2D eigenvalue weighted by Crippen LogP contribution is -2.28. The van der Waals surface area contributed by atoms with Crippen LogP contribution in [-0.2, 0) is 9.53 Å². The van der Waals surface area contributed by atoms with Gasteiger partial charge >= 0.3 is 0 Å². The Morgan fingerprint density at radius 1 is 1.78 bits per heavy atom. The topological polar surface area (TPSA) is 52.3 Å². The van der Waals surface area contributed by atoms with Gasteiger partial charge in [-0.2, -0.15) is 0 Å². The molecule has 0 aromatic rings. The van der Waals surface area contributed by atoms with Gasteiger partial charge in [0.15, 0.2) is 0 Å². The fourth-order valence-corrected chi connectivity index (χ4v) is 0.889. The molecule has 1 fully saturated rings. The first kappa shape index (κ1) is 6.55. The number of primary amides is 1. The summed E-state index contributed by atoms with van der Waals surface area (Å²) in [5.74, 6) is -0.218. The van der Waals surface area contributed by atoms with Crippen molar-refractivity contribution in [3.05, 3.63) is 0 Å². The Bertz CT molecular complexity index is 129. The molecule has 0 radical (unpaired) electrons. The van der Waals surface area contributed by atoms with Gasteiger partial charge in [0.2, 0.25) is 5.91 Å². The Kier molecular flexibility index (Phi) is 1.45. The van der Waals surface area contributed by atoms with Crippen LogP contribution >= 0.6 is 0 Å². The van der Waals surface area contributed by atoms with Gasteiger partial charge in [-0.1, -0.05) is 0 Å². The van der Waals surface area contributed by atoms with Crippen LogP contribution in [0.3, 0.4) is 0 Å². The van der Waals surface area contributed by atoms with E-state index in [9.17, 15) is 4.79 Å². The van der Waals surface area contributed by atoms with Gasteiger partial charge in [0, 0.05) is 7.11 Å². The van der Waals surface area contributed by atoms with Gasteiger partial charge in [-0.25, -0.2) is 0 Å². The number of nitrogens with two attached hydrogens (primary N) is 1. The number of carbonyl (C=O) groups is 1. The van der Waals surface area contributed by atoms with Crippen LogP contribution in [-0.4, -0.2) is 19.6 Å². The summed E-state index contributed by atoms with van der Waals surface area (Å²) >= 11 is 0. The monoisotopic (exact) mass is 129 g/mol. The predicted molar refractivity (Wildman–Crippen MR) is 32.7 cm³/mol. The quantitative estimate of drug-likeness (QED) is 0.578. The second-order valence-corrected chi connectivity index (χ2v) is 2.58. The molecule has 2 N–H and O–H groups in total. The number of ether oxygens (including phenoxy) is 1. The van der Waals surface area contributed by atoms with E-state index < -0.39 is 0 Å². The van der Waals surface area contributed by atoms with E-state index in [1.54, 1.807) is 7.11 Å². The highest BCUT2D eigenvalue weighted by Gasteiger charge is 2.48. The van der Waals surface area contributed by atoms with Crippen LogP contribution in [0.4, 0.5) is 0 Å². The van der Waals surface area contributed by atoms with Crippen LogP contribution < -0.4 is 5.73 Å². The molecule has 9 heavy (non-hydrogen) atoms. The fourth-order valence-electron chi connectivity index (χ4n) is 0.889. The van der Waals surface area contributed by atoms with Gasteiger partial charge in [0.25, 0.3) is 0 Å². The van der Waals surface area contributed by atoms with Gasteiger partial charge < -0.3 is 10.5 Å². The van der Waals surface area contributed by atoms with Crippen molar-refractivity contribution in [3.8, 4) is 0 Å². The molecule has 1 rings (SSSR count). The van der Waals surface area contributed by atoms with E-state index in [0.717, 1.165) is 12.8 Å². The van der Waals surface area contributed by atoms with E-state index >= 15 is 0 Å². The van der Waals surface area contributed by atoms with Crippen molar-refractivity contribution in [1.82, 2.24) is 0 Å². The van der Waals surface area contributed by atoms with Gasteiger partial charge in [-0.3, -0.25) is 4.79 Å². The highest BCUT2D eigenvalue weighted by Crippen LogP contribution is 2.45. The van der Waals surface area contributed by atoms with Gasteiger partial charge in [0.05, 0.1) is 12.0 Å². The smallest absolute Gasteiger partial charge is 0.225 e. The highest BCUT2D eigenvalue weighted by atomic mass is 16.5. The summed E-state index contributed by atoms with van der Waals surface area (Å²) in [4.78, 5) is 10.6. The molecular formula is C6H11NO2. The van der Waals surface area contributed by atoms with Crippen LogP contribution in [0, 0.1) is 5.41 Å². The summed E-state index contributed by atoms with van der Waals surface area (Å²) in [7, 11) is 1.59. The molecule has 52 valence electrons. The molecule has 0 aromatic carbocycles. The molecule has 0 spiro atoms. The molecule has 1 amide bonds. The largest absolute Gasteiger partial charge is 0.384 e. The number of hydrogen-bond donors (Lipinski definition) is 1. The minimum Gasteiger partial charge on any atom is -0.384 e. The van der Waals surface area contributed by atoms with Crippen molar-refractivity contribution in [2.75, 3.05) is 13.7 Å². The van der Waals surface area contributed by atoms with Crippen molar-refractivity contribution in [1.29, 1.82) is 0 Å². The molecule has 0 unspecified atom stereocenters. The first-order chi connectivity index (χ1) is 4.21. The van der Waals surface area contributed by atoms with E-state index in [4.69, 9.17) is 10.5 Å². The first-order valence-corrected chi connectivity index (χ1v) is 3.00. The van der Waals surface area contributed by atoms with Crippen molar-refractivity contribution < 1.29 is 9.53 Å². The molecule has 1 aliphatic rings. The maximum atomic E-state index is 10.6. The lowest BCUT2D eigenvalue weighted by molar-refractivity contribution is -0.124. The third-order valence-corrected chi connectivity index (χ3v) is 1.80. The summed E-state index contributed by atoms with van der Waals surface area (Å²) in [6, 6.07) is 0. The Hall–Kier alpha value is -0.570. The minimum absolute atomic E-state index is 0.218. The molecule has 0 heterocycles. The van der Waals surface area contributed by atoms with Crippen molar-refractivity contribution in [2.24, 2.45) is 11.1 Å². The van der Waals surface area contributed by atoms with E-state index in [1.165, 1.54) is 0 Å². The number of carbonyl (C=O) groups excluding carboxylic acids is 1. The van der Waals surface area contributed by atoms with Crippen molar-refractivity contribution in [2.45, 2.75) is 12.8 Å². The molecule has 0 aliphatic heterocycles. The first-order valence-electron chi connectivity index (χ1n) is 3.00. The van der Waals surface area contributed by atoms with E-state index in [-0.39, 0.29) is 11.3 Å². The second kappa shape index (κ2) is 1.99. The SMILES string of the molecule is COCC1(C(N)=O)CC1. The zero-order chi connectivity index (χ0) is 6.91. The van der Waals surface area contributed by atoms with E-state index in [2.05, 4.69) is 0 Å². The molecule has 0 aromatic heterocycles. The van der Waals surface area contributed by atoms with E-state index in [1.807, 2.05) is 0 Å². The highest BCUT2D eigenvalue weighted by molar-refractivity contribution is 5.83. The summed E-state index contributed by atoms with van der Waals surface area (Å²) in [6.45, 7) is 0.488. The summed E-state index contributed by atoms with van der Waals surface area (Å²) in [5.41, 5.74) is 4.82. The number of amides is 1. The zero-order valence-corrected chi connectivity index (χ0v) is 5.52. The lowest BCUT2D eigenvalue weighted by Gasteiger charge is -2.06. The van der Waals surface area contributed by atoms with Gasteiger partial charge in [-0.05, 0) is 12.8 Å². The third kappa shape index (κ3) is 1.05. The van der Waals surface area contributed by atoms with Crippen LogP contribution in [0.25, 0.3) is 0 Å². The minimum atomic E-state index is -0.283. The summed E-state index contributed by atoms with van der Waals surface area (Å²) < 4.78 is 4.83. The van der Waals surface area contributed by atoms with E-state index in [0.29, 0.717) is 6.61 Å². The maximum absolute atomic E-state index is 10.6. The Labute approximate surface area is 54.2 Å². The average molecular weight is 129 g/mol.